The van der Waals surface area contributed by atoms with Gasteiger partial charge in [0.15, 0.2) is 5.96 Å². The van der Waals surface area contributed by atoms with E-state index in [0.29, 0.717) is 25.0 Å². The molecule has 0 aliphatic carbocycles. The van der Waals surface area contributed by atoms with Crippen LogP contribution in [0.5, 0.6) is 0 Å². The van der Waals surface area contributed by atoms with Crippen molar-refractivity contribution in [1.29, 1.82) is 0 Å². The quantitative estimate of drug-likeness (QED) is 0.372. The van der Waals surface area contributed by atoms with Crippen molar-refractivity contribution in [1.82, 2.24) is 4.31 Å². The summed E-state index contributed by atoms with van der Waals surface area (Å²) in [5.41, 5.74) is 8.12. The predicted molar refractivity (Wildman–Crippen MR) is 115 cm³/mol. The predicted octanol–water partition coefficient (Wildman–Crippen LogP) is 2.97. The summed E-state index contributed by atoms with van der Waals surface area (Å²) in [5, 5.41) is 3.06. The van der Waals surface area contributed by atoms with E-state index in [1.54, 1.807) is 0 Å². The number of guanidine groups is 1. The Labute approximate surface area is 168 Å². The molecule has 6 nitrogen and oxygen atoms in total. The summed E-state index contributed by atoms with van der Waals surface area (Å²) in [4.78, 5) is 4.32. The second-order valence-electron chi connectivity index (χ2n) is 6.45. The third-order valence-corrected chi connectivity index (χ3v) is 5.92. The van der Waals surface area contributed by atoms with Gasteiger partial charge in [-0.1, -0.05) is 26.0 Å². The van der Waals surface area contributed by atoms with Crippen LogP contribution >= 0.6 is 24.0 Å². The lowest BCUT2D eigenvalue weighted by molar-refractivity contribution is 0.397. The fraction of sp³-hybridized carbons (Fsp3) is 0.588. The average molecular weight is 480 g/mol. The van der Waals surface area contributed by atoms with Gasteiger partial charge in [-0.2, -0.15) is 4.31 Å². The second kappa shape index (κ2) is 9.72. The molecule has 0 radical (unpaired) electrons. The first kappa shape index (κ1) is 22.2. The zero-order valence-corrected chi connectivity index (χ0v) is 18.3. The lowest BCUT2D eigenvalue weighted by Crippen LogP contribution is -2.37. The maximum absolute atomic E-state index is 11.7. The number of rotatable bonds is 6. The normalized spacial score (nSPS) is 20.1. The number of hydrogen-bond acceptors (Lipinski definition) is 3. The van der Waals surface area contributed by atoms with E-state index in [1.165, 1.54) is 16.1 Å². The van der Waals surface area contributed by atoms with Crippen molar-refractivity contribution in [2.24, 2.45) is 10.7 Å². The SMILES string of the molecule is CCC(C)c1ccc(NC(N)=NC[C@H]2CCCN2S(C)(=O)=O)cc1.I. The molecule has 2 atom stereocenters. The second-order valence-corrected chi connectivity index (χ2v) is 8.39. The molecule has 1 aromatic rings. The standard InChI is InChI=1S/C17H28N4O2S.HI/c1-4-13(2)14-7-9-15(10-8-14)20-17(18)19-12-16-6-5-11-21(16)24(3,22)23;/h7-10,13,16H,4-6,11-12H2,1-3H3,(H3,18,19,20);1H/t13?,16-;/m1./s1. The monoisotopic (exact) mass is 480 g/mol. The average Bonchev–Trinajstić information content (AvgIpc) is 3.02. The lowest BCUT2D eigenvalue weighted by Gasteiger charge is -2.20. The van der Waals surface area contributed by atoms with Crippen LogP contribution in [0.2, 0.25) is 0 Å². The van der Waals surface area contributed by atoms with Gasteiger partial charge in [-0.25, -0.2) is 8.42 Å². The van der Waals surface area contributed by atoms with E-state index in [9.17, 15) is 8.42 Å². The van der Waals surface area contributed by atoms with Crippen molar-refractivity contribution in [3.8, 4) is 0 Å². The van der Waals surface area contributed by atoms with Crippen LogP contribution < -0.4 is 11.1 Å². The molecule has 0 saturated carbocycles. The maximum Gasteiger partial charge on any atom is 0.211 e. The van der Waals surface area contributed by atoms with E-state index in [2.05, 4.69) is 36.3 Å². The molecule has 1 heterocycles. The van der Waals surface area contributed by atoms with Gasteiger partial charge in [-0.3, -0.25) is 4.99 Å². The van der Waals surface area contributed by atoms with Crippen LogP contribution in [-0.4, -0.2) is 44.1 Å². The molecule has 2 rings (SSSR count). The first-order valence-corrected chi connectivity index (χ1v) is 10.3. The van der Waals surface area contributed by atoms with E-state index in [4.69, 9.17) is 5.73 Å². The fourth-order valence-corrected chi connectivity index (χ4v) is 4.12. The number of nitrogens with zero attached hydrogens (tertiary/aromatic N) is 2. The molecule has 1 aromatic carbocycles. The van der Waals surface area contributed by atoms with Crippen LogP contribution in [0.4, 0.5) is 5.69 Å². The van der Waals surface area contributed by atoms with Crippen molar-refractivity contribution >= 4 is 45.6 Å². The van der Waals surface area contributed by atoms with Gasteiger partial charge in [0.2, 0.25) is 10.0 Å². The number of benzene rings is 1. The Morgan fingerprint density at radius 2 is 2.04 bits per heavy atom. The summed E-state index contributed by atoms with van der Waals surface area (Å²) in [6.07, 6.45) is 4.05. The summed E-state index contributed by atoms with van der Waals surface area (Å²) in [5.74, 6) is 0.848. The Kier molecular flexibility index (Phi) is 8.62. The zero-order valence-electron chi connectivity index (χ0n) is 15.1. The lowest BCUT2D eigenvalue weighted by atomic mass is 9.99. The Hall–Kier alpha value is -0.870. The smallest absolute Gasteiger partial charge is 0.211 e. The van der Waals surface area contributed by atoms with Crippen molar-refractivity contribution in [3.63, 3.8) is 0 Å². The van der Waals surface area contributed by atoms with Gasteiger partial charge in [0.1, 0.15) is 0 Å². The minimum atomic E-state index is -3.17. The van der Waals surface area contributed by atoms with Gasteiger partial charge in [-0.15, -0.1) is 24.0 Å². The summed E-state index contributed by atoms with van der Waals surface area (Å²) in [6.45, 7) is 5.33. The zero-order chi connectivity index (χ0) is 17.7. The van der Waals surface area contributed by atoms with Crippen LogP contribution in [0.15, 0.2) is 29.3 Å². The Balaban J connectivity index is 0.00000312. The molecular formula is C17H29IN4O2S. The molecule has 142 valence electrons. The Morgan fingerprint density at radius 3 is 2.60 bits per heavy atom. The Morgan fingerprint density at radius 1 is 1.40 bits per heavy atom. The minimum absolute atomic E-state index is 0. The fourth-order valence-electron chi connectivity index (χ4n) is 2.95. The van der Waals surface area contributed by atoms with Crippen molar-refractivity contribution in [2.75, 3.05) is 24.7 Å². The van der Waals surface area contributed by atoms with Gasteiger partial charge in [0.25, 0.3) is 0 Å². The number of anilines is 1. The topological polar surface area (TPSA) is 87.8 Å². The number of aliphatic imine (C=N–C) groups is 1. The molecule has 0 spiro atoms. The third kappa shape index (κ3) is 6.41. The number of nitrogens with one attached hydrogen (secondary N) is 1. The van der Waals surface area contributed by atoms with Crippen LogP contribution in [0.3, 0.4) is 0 Å². The van der Waals surface area contributed by atoms with E-state index in [0.717, 1.165) is 24.9 Å². The van der Waals surface area contributed by atoms with Crippen LogP contribution in [0, 0.1) is 0 Å². The molecule has 25 heavy (non-hydrogen) atoms. The molecule has 0 amide bonds. The Bertz CT molecular complexity index is 676. The molecule has 1 aliphatic heterocycles. The van der Waals surface area contributed by atoms with Crippen LogP contribution in [-0.2, 0) is 10.0 Å². The van der Waals surface area contributed by atoms with Crippen molar-refractivity contribution < 1.29 is 8.42 Å². The molecule has 3 N–H and O–H groups in total. The van der Waals surface area contributed by atoms with Crippen LogP contribution in [0.25, 0.3) is 0 Å². The van der Waals surface area contributed by atoms with Gasteiger partial charge >= 0.3 is 0 Å². The van der Waals surface area contributed by atoms with E-state index < -0.39 is 10.0 Å². The van der Waals surface area contributed by atoms with Gasteiger partial charge in [0, 0.05) is 18.3 Å². The number of sulfonamides is 1. The minimum Gasteiger partial charge on any atom is -0.370 e. The van der Waals surface area contributed by atoms with Crippen molar-refractivity contribution in [3.05, 3.63) is 29.8 Å². The summed E-state index contributed by atoms with van der Waals surface area (Å²) in [6, 6.07) is 8.07. The highest BCUT2D eigenvalue weighted by Crippen LogP contribution is 2.21. The molecule has 0 bridgehead atoms. The third-order valence-electron chi connectivity index (χ3n) is 4.59. The van der Waals surface area contributed by atoms with Gasteiger partial charge < -0.3 is 11.1 Å². The van der Waals surface area contributed by atoms with E-state index >= 15 is 0 Å². The molecule has 0 aromatic heterocycles. The van der Waals surface area contributed by atoms with Crippen LogP contribution in [0.1, 0.15) is 44.6 Å². The highest BCUT2D eigenvalue weighted by Gasteiger charge is 2.30. The van der Waals surface area contributed by atoms with E-state index in [1.807, 2.05) is 12.1 Å². The summed E-state index contributed by atoms with van der Waals surface area (Å²) >= 11 is 0. The van der Waals surface area contributed by atoms with Gasteiger partial charge in [-0.05, 0) is 42.9 Å². The molecule has 1 aliphatic rings. The van der Waals surface area contributed by atoms with Crippen molar-refractivity contribution in [2.45, 2.75) is 45.1 Å². The van der Waals surface area contributed by atoms with E-state index in [-0.39, 0.29) is 30.0 Å². The molecule has 1 fully saturated rings. The molecule has 1 unspecified atom stereocenters. The molecule has 8 heteroatoms. The van der Waals surface area contributed by atoms with Gasteiger partial charge in [0.05, 0.1) is 12.8 Å². The highest BCUT2D eigenvalue weighted by atomic mass is 127. The molecule has 1 saturated heterocycles. The summed E-state index contributed by atoms with van der Waals surface area (Å²) < 4.78 is 25.0. The molecular weight excluding hydrogens is 451 g/mol. The first-order chi connectivity index (χ1) is 11.3. The highest BCUT2D eigenvalue weighted by molar-refractivity contribution is 14.0. The number of hydrogen-bond donors (Lipinski definition) is 2. The number of nitrogens with two attached hydrogens (primary N) is 1. The number of halogens is 1. The summed E-state index contributed by atoms with van der Waals surface area (Å²) in [7, 11) is -3.17. The maximum atomic E-state index is 11.7. The largest absolute Gasteiger partial charge is 0.370 e. The first-order valence-electron chi connectivity index (χ1n) is 8.45.